The molecule has 0 aliphatic heterocycles. The van der Waals surface area contributed by atoms with Gasteiger partial charge in [-0.1, -0.05) is 17.7 Å². The summed E-state index contributed by atoms with van der Waals surface area (Å²) in [7, 11) is -3.80. The number of nitrogens with one attached hydrogen (secondary N) is 2. The first kappa shape index (κ1) is 13.3. The Morgan fingerprint density at radius 3 is 2.53 bits per heavy atom. The lowest BCUT2D eigenvalue weighted by molar-refractivity contribution is 0.601. The van der Waals surface area contributed by atoms with Crippen LogP contribution in [0.4, 0.5) is 5.00 Å². The maximum absolute atomic E-state index is 12.1. The van der Waals surface area contributed by atoms with Crippen LogP contribution in [0.5, 0.6) is 0 Å². The first-order chi connectivity index (χ1) is 8.94. The maximum Gasteiger partial charge on any atom is 0.278 e. The fourth-order valence-corrected chi connectivity index (χ4v) is 3.37. The number of aromatic amines is 1. The topological polar surface area (TPSA) is 103 Å². The fraction of sp³-hybridized carbons (Fsp3) is 0.0909. The van der Waals surface area contributed by atoms with Crippen molar-refractivity contribution in [1.82, 2.24) is 4.37 Å². The summed E-state index contributed by atoms with van der Waals surface area (Å²) in [5.74, 6) is 0. The molecule has 1 aromatic carbocycles. The zero-order valence-electron chi connectivity index (χ0n) is 9.80. The number of hydrogen-bond donors (Lipinski definition) is 2. The monoisotopic (exact) mass is 295 g/mol. The molecule has 98 valence electrons. The Morgan fingerprint density at radius 2 is 1.95 bits per heavy atom. The minimum Gasteiger partial charge on any atom is -0.275 e. The number of anilines is 1. The average molecular weight is 295 g/mol. The highest BCUT2D eigenvalue weighted by Gasteiger charge is 2.19. The Balaban J connectivity index is 2.40. The van der Waals surface area contributed by atoms with Crippen molar-refractivity contribution in [3.05, 3.63) is 45.7 Å². The molecule has 0 spiro atoms. The van der Waals surface area contributed by atoms with Crippen molar-refractivity contribution in [3.63, 3.8) is 0 Å². The van der Waals surface area contributed by atoms with E-state index in [0.29, 0.717) is 0 Å². The van der Waals surface area contributed by atoms with Gasteiger partial charge in [0.1, 0.15) is 11.1 Å². The molecule has 19 heavy (non-hydrogen) atoms. The second kappa shape index (κ2) is 4.87. The Labute approximate surface area is 113 Å². The highest BCUT2D eigenvalue weighted by molar-refractivity contribution is 7.93. The summed E-state index contributed by atoms with van der Waals surface area (Å²) < 4.78 is 28.7. The molecular formula is C11H9N3O3S2. The molecule has 0 unspecified atom stereocenters. The van der Waals surface area contributed by atoms with Crippen LogP contribution in [0.25, 0.3) is 0 Å². The molecule has 0 amide bonds. The van der Waals surface area contributed by atoms with Crippen LogP contribution in [0.1, 0.15) is 11.1 Å². The zero-order valence-corrected chi connectivity index (χ0v) is 11.4. The smallest absolute Gasteiger partial charge is 0.275 e. The first-order valence-corrected chi connectivity index (χ1v) is 7.45. The van der Waals surface area contributed by atoms with Crippen LogP contribution in [-0.4, -0.2) is 12.8 Å². The van der Waals surface area contributed by atoms with Gasteiger partial charge in [-0.15, -0.1) is 0 Å². The molecule has 6 nitrogen and oxygen atoms in total. The third kappa shape index (κ3) is 2.67. The Kier molecular flexibility index (Phi) is 3.42. The number of aromatic nitrogens is 1. The summed E-state index contributed by atoms with van der Waals surface area (Å²) in [6, 6.07) is 7.91. The number of sulfonamides is 1. The van der Waals surface area contributed by atoms with Crippen LogP contribution in [0.3, 0.4) is 0 Å². The van der Waals surface area contributed by atoms with Gasteiger partial charge in [0.15, 0.2) is 5.56 Å². The van der Waals surface area contributed by atoms with E-state index in [0.717, 1.165) is 17.1 Å². The van der Waals surface area contributed by atoms with E-state index in [1.54, 1.807) is 18.2 Å². The summed E-state index contributed by atoms with van der Waals surface area (Å²) >= 11 is 0.775. The van der Waals surface area contributed by atoms with E-state index < -0.39 is 15.6 Å². The molecule has 2 aromatic rings. The lowest BCUT2D eigenvalue weighted by atomic mass is 10.2. The lowest BCUT2D eigenvalue weighted by Crippen LogP contribution is -2.14. The van der Waals surface area contributed by atoms with E-state index in [2.05, 4.69) is 9.10 Å². The minimum absolute atomic E-state index is 0.00641. The summed E-state index contributed by atoms with van der Waals surface area (Å²) in [6.45, 7) is 1.84. The Bertz CT molecular complexity index is 795. The molecule has 0 saturated carbocycles. The molecule has 1 aromatic heterocycles. The molecule has 0 radical (unpaired) electrons. The molecule has 1 heterocycles. The summed E-state index contributed by atoms with van der Waals surface area (Å²) in [5, 5.41) is 8.79. The largest absolute Gasteiger partial charge is 0.278 e. The van der Waals surface area contributed by atoms with Crippen molar-refractivity contribution in [3.8, 4) is 6.07 Å². The van der Waals surface area contributed by atoms with Crippen molar-refractivity contribution < 1.29 is 8.42 Å². The zero-order chi connectivity index (χ0) is 14.0. The molecule has 0 aliphatic carbocycles. The molecule has 0 saturated heterocycles. The second-order valence-electron chi connectivity index (χ2n) is 3.77. The van der Waals surface area contributed by atoms with Crippen LogP contribution in [-0.2, 0) is 10.0 Å². The van der Waals surface area contributed by atoms with Gasteiger partial charge in [-0.05, 0) is 30.6 Å². The van der Waals surface area contributed by atoms with Gasteiger partial charge >= 0.3 is 0 Å². The highest BCUT2D eigenvalue weighted by atomic mass is 32.2. The van der Waals surface area contributed by atoms with Gasteiger partial charge < -0.3 is 0 Å². The summed E-state index contributed by atoms with van der Waals surface area (Å²) in [5.41, 5.74) is 0.0951. The number of nitriles is 1. The number of aryl methyl sites for hydroxylation is 1. The van der Waals surface area contributed by atoms with Crippen LogP contribution in [0.2, 0.25) is 0 Å². The van der Waals surface area contributed by atoms with Gasteiger partial charge in [0.25, 0.3) is 15.6 Å². The van der Waals surface area contributed by atoms with Crippen molar-refractivity contribution in [2.45, 2.75) is 11.8 Å². The van der Waals surface area contributed by atoms with Crippen LogP contribution in [0.15, 0.2) is 34.0 Å². The lowest BCUT2D eigenvalue weighted by Gasteiger charge is -2.05. The van der Waals surface area contributed by atoms with Gasteiger partial charge in [0.2, 0.25) is 0 Å². The normalized spacial score (nSPS) is 10.9. The average Bonchev–Trinajstić information content (AvgIpc) is 2.69. The Morgan fingerprint density at radius 1 is 1.32 bits per heavy atom. The van der Waals surface area contributed by atoms with Crippen molar-refractivity contribution in [2.75, 3.05) is 4.72 Å². The molecule has 0 bridgehead atoms. The third-order valence-corrected chi connectivity index (χ3v) is 4.66. The van der Waals surface area contributed by atoms with Gasteiger partial charge in [-0.3, -0.25) is 13.9 Å². The van der Waals surface area contributed by atoms with E-state index in [1.807, 2.05) is 6.92 Å². The first-order valence-electron chi connectivity index (χ1n) is 5.15. The second-order valence-corrected chi connectivity index (χ2v) is 6.27. The van der Waals surface area contributed by atoms with Crippen molar-refractivity contribution >= 4 is 26.6 Å². The van der Waals surface area contributed by atoms with Gasteiger partial charge in [0, 0.05) is 0 Å². The Hall–Kier alpha value is -2.11. The quantitative estimate of drug-likeness (QED) is 0.893. The maximum atomic E-state index is 12.1. The SMILES string of the molecule is Cc1ccc(S(=O)(=O)Nc2s[nH]c(=O)c2C#N)cc1. The summed E-state index contributed by atoms with van der Waals surface area (Å²) in [4.78, 5) is 11.3. The summed E-state index contributed by atoms with van der Waals surface area (Å²) in [6.07, 6.45) is 0. The number of rotatable bonds is 3. The molecule has 2 rings (SSSR count). The number of nitrogens with zero attached hydrogens (tertiary/aromatic N) is 1. The molecule has 0 aliphatic rings. The van der Waals surface area contributed by atoms with E-state index >= 15 is 0 Å². The van der Waals surface area contributed by atoms with Gasteiger partial charge in [-0.2, -0.15) is 5.26 Å². The van der Waals surface area contributed by atoms with Gasteiger partial charge in [0.05, 0.1) is 4.90 Å². The predicted octanol–water partition coefficient (Wildman–Crippen LogP) is 1.42. The molecule has 8 heteroatoms. The van der Waals surface area contributed by atoms with Crippen LogP contribution < -0.4 is 10.3 Å². The number of hydrogen-bond acceptors (Lipinski definition) is 5. The minimum atomic E-state index is -3.80. The van der Waals surface area contributed by atoms with E-state index in [9.17, 15) is 13.2 Å². The molecule has 0 atom stereocenters. The third-order valence-electron chi connectivity index (χ3n) is 2.37. The van der Waals surface area contributed by atoms with E-state index in [4.69, 9.17) is 5.26 Å². The van der Waals surface area contributed by atoms with E-state index in [-0.39, 0.29) is 15.5 Å². The van der Waals surface area contributed by atoms with Crippen molar-refractivity contribution in [2.24, 2.45) is 0 Å². The van der Waals surface area contributed by atoms with Crippen LogP contribution >= 0.6 is 11.5 Å². The molecule has 0 fully saturated rings. The predicted molar refractivity (Wildman–Crippen MR) is 71.6 cm³/mol. The number of benzene rings is 1. The van der Waals surface area contributed by atoms with Crippen LogP contribution in [0, 0.1) is 18.3 Å². The van der Waals surface area contributed by atoms with Crippen molar-refractivity contribution in [1.29, 1.82) is 5.26 Å². The number of H-pyrrole nitrogens is 1. The standard InChI is InChI=1S/C11H9N3O3S2/c1-7-2-4-8(5-3-7)19(16,17)14-11-9(6-12)10(15)13-18-11/h2-5,14H,1H3,(H,13,15). The molecule has 2 N–H and O–H groups in total. The fourth-order valence-electron chi connectivity index (χ4n) is 1.37. The highest BCUT2D eigenvalue weighted by Crippen LogP contribution is 2.21. The van der Waals surface area contributed by atoms with E-state index in [1.165, 1.54) is 12.1 Å². The molecular weight excluding hydrogens is 286 g/mol. The van der Waals surface area contributed by atoms with Gasteiger partial charge in [-0.25, -0.2) is 8.42 Å².